The van der Waals surface area contributed by atoms with Crippen molar-refractivity contribution < 1.29 is 13.2 Å². The van der Waals surface area contributed by atoms with Crippen molar-refractivity contribution >= 4 is 49.3 Å². The van der Waals surface area contributed by atoms with E-state index in [1.54, 1.807) is 13.0 Å². The topological polar surface area (TPSA) is 14.2 Å². The highest BCUT2D eigenvalue weighted by Gasteiger charge is 2.31. The molecule has 0 aliphatic rings. The van der Waals surface area contributed by atoms with Gasteiger partial charge in [0.25, 0.3) is 0 Å². The summed E-state index contributed by atoms with van der Waals surface area (Å²) >= 11 is 0. The van der Waals surface area contributed by atoms with Crippen molar-refractivity contribution in [2.24, 2.45) is 0 Å². The zero-order valence-corrected chi connectivity index (χ0v) is 39.6. The first-order chi connectivity index (χ1) is 33.2. The van der Waals surface area contributed by atoms with Crippen LogP contribution in [0.1, 0.15) is 44.5 Å². The predicted molar refractivity (Wildman–Crippen MR) is 281 cm³/mol. The van der Waals surface area contributed by atoms with Crippen LogP contribution in [0.3, 0.4) is 0 Å². The van der Waals surface area contributed by atoms with E-state index in [1.807, 2.05) is 24.3 Å². The lowest BCUT2D eigenvalue weighted by atomic mass is 9.92. The van der Waals surface area contributed by atoms with Crippen molar-refractivity contribution in [3.05, 3.63) is 220 Å². The van der Waals surface area contributed by atoms with Gasteiger partial charge in [-0.15, -0.1) is 0 Å². The fraction of sp³-hybridized carbons (Fsp3) is 0.127. The number of aryl methyl sites for hydroxylation is 7. The fourth-order valence-electron chi connectivity index (χ4n) is 11.3. The summed E-state index contributed by atoms with van der Waals surface area (Å²) in [7, 11) is 0. The van der Waals surface area contributed by atoms with Crippen LogP contribution >= 0.6 is 0 Å². The Labute approximate surface area is 400 Å². The summed E-state index contributed by atoms with van der Waals surface area (Å²) in [5, 5.41) is 4.39. The molecule has 2 aromatic heterocycles. The van der Waals surface area contributed by atoms with Gasteiger partial charge in [0, 0.05) is 27.1 Å². The smallest absolute Gasteiger partial charge is 0.309 e. The maximum absolute atomic E-state index is 14.0. The number of benzene rings is 9. The van der Waals surface area contributed by atoms with Gasteiger partial charge in [0.05, 0.1) is 45.6 Å². The lowest BCUT2D eigenvalue weighted by Gasteiger charge is -2.21. The first-order valence-corrected chi connectivity index (χ1v) is 23.3. The summed E-state index contributed by atoms with van der Waals surface area (Å²) in [4.78, 5) is 3.97. The Balaban J connectivity index is 1.21. The van der Waals surface area contributed by atoms with Crippen LogP contribution in [-0.4, -0.2) is 9.13 Å². The van der Waals surface area contributed by atoms with Gasteiger partial charge < -0.3 is 9.13 Å². The highest BCUT2D eigenvalue weighted by Crippen LogP contribution is 2.45. The minimum Gasteiger partial charge on any atom is -0.309 e. The van der Waals surface area contributed by atoms with Crippen LogP contribution < -0.4 is 0 Å². The molecule has 11 rings (SSSR count). The molecule has 69 heavy (non-hydrogen) atoms. The van der Waals surface area contributed by atoms with E-state index in [2.05, 4.69) is 177 Å². The number of hydrogen-bond donors (Lipinski definition) is 0. The largest absolute Gasteiger partial charge is 0.416 e. The Kier molecular flexibility index (Phi) is 10.2. The number of hydrogen-bond acceptors (Lipinski definition) is 0. The van der Waals surface area contributed by atoms with Gasteiger partial charge in [-0.2, -0.15) is 13.2 Å². The van der Waals surface area contributed by atoms with Crippen LogP contribution in [0, 0.1) is 55.0 Å². The lowest BCUT2D eigenvalue weighted by Crippen LogP contribution is -2.05. The van der Waals surface area contributed by atoms with Crippen molar-refractivity contribution in [1.82, 2.24) is 9.13 Å². The number of halogens is 3. The second-order valence-electron chi connectivity index (χ2n) is 18.8. The third-order valence-corrected chi connectivity index (χ3v) is 14.0. The minimum atomic E-state index is -4.47. The summed E-state index contributed by atoms with van der Waals surface area (Å²) in [6, 6.07) is 55.4. The molecule has 0 bridgehead atoms. The molecule has 0 atom stereocenters. The highest BCUT2D eigenvalue weighted by atomic mass is 19.4. The van der Waals surface area contributed by atoms with E-state index in [0.717, 1.165) is 82.8 Å². The quantitative estimate of drug-likeness (QED) is 0.148. The molecule has 9 aromatic carbocycles. The molecule has 0 saturated carbocycles. The number of fused-ring (bicyclic) bond motifs is 6. The summed E-state index contributed by atoms with van der Waals surface area (Å²) in [5.74, 6) is 0. The molecular weight excluding hydrogens is 856 g/mol. The Bertz CT molecular complexity index is 3940. The van der Waals surface area contributed by atoms with Gasteiger partial charge in [0.2, 0.25) is 0 Å². The van der Waals surface area contributed by atoms with Crippen LogP contribution in [0.4, 0.5) is 18.9 Å². The average molecular weight is 904 g/mol. The molecule has 0 radical (unpaired) electrons. The summed E-state index contributed by atoms with van der Waals surface area (Å²) in [6.45, 7) is 23.0. The monoisotopic (exact) mass is 903 g/mol. The van der Waals surface area contributed by atoms with E-state index in [0.29, 0.717) is 16.8 Å². The molecule has 0 aliphatic heterocycles. The minimum absolute atomic E-state index is 0.492. The van der Waals surface area contributed by atoms with Crippen LogP contribution in [-0.2, 0) is 6.18 Å². The third-order valence-electron chi connectivity index (χ3n) is 14.0. The average Bonchev–Trinajstić information content (AvgIpc) is 3.82. The van der Waals surface area contributed by atoms with Crippen molar-refractivity contribution in [2.45, 2.75) is 54.6 Å². The van der Waals surface area contributed by atoms with Gasteiger partial charge in [-0.1, -0.05) is 108 Å². The van der Waals surface area contributed by atoms with Gasteiger partial charge in [0.1, 0.15) is 0 Å². The molecule has 11 aromatic rings. The maximum Gasteiger partial charge on any atom is 0.416 e. The van der Waals surface area contributed by atoms with Crippen molar-refractivity contribution in [3.63, 3.8) is 0 Å². The predicted octanol–water partition coefficient (Wildman–Crippen LogP) is 18.3. The second-order valence-corrected chi connectivity index (χ2v) is 18.8. The number of aromatic nitrogens is 2. The van der Waals surface area contributed by atoms with Gasteiger partial charge in [-0.25, -0.2) is 4.85 Å². The summed E-state index contributed by atoms with van der Waals surface area (Å²) in [6.07, 6.45) is -4.47. The normalized spacial score (nSPS) is 11.9. The van der Waals surface area contributed by atoms with E-state index < -0.39 is 11.7 Å². The number of para-hydroxylation sites is 2. The van der Waals surface area contributed by atoms with E-state index >= 15 is 0 Å². The van der Waals surface area contributed by atoms with Crippen LogP contribution in [0.2, 0.25) is 0 Å². The van der Waals surface area contributed by atoms with Crippen LogP contribution in [0.15, 0.2) is 164 Å². The highest BCUT2D eigenvalue weighted by molar-refractivity contribution is 6.13. The Morgan fingerprint density at radius 2 is 0.870 bits per heavy atom. The van der Waals surface area contributed by atoms with Crippen molar-refractivity contribution in [1.29, 1.82) is 0 Å². The number of rotatable bonds is 6. The van der Waals surface area contributed by atoms with Gasteiger partial charge in [-0.3, -0.25) is 0 Å². The third kappa shape index (κ3) is 7.20. The van der Waals surface area contributed by atoms with Crippen LogP contribution in [0.25, 0.3) is 104 Å². The molecule has 0 amide bonds. The summed E-state index contributed by atoms with van der Waals surface area (Å²) < 4.78 is 46.7. The van der Waals surface area contributed by atoms with E-state index in [-0.39, 0.29) is 0 Å². The van der Waals surface area contributed by atoms with Gasteiger partial charge >= 0.3 is 6.18 Å². The van der Waals surface area contributed by atoms with Crippen molar-refractivity contribution in [3.8, 4) is 55.9 Å². The molecule has 0 unspecified atom stereocenters. The maximum atomic E-state index is 14.0. The SMILES string of the molecule is [C-]#[N+]c1ccc(-n2c3ccccc3c3cc(-c4c(C)cc(C)cc4C)ccc32)c(-c2ccc(-c3ccc(C(F)(F)F)cc3C)cc2-n2c3ccccc3c3cc(-c4c(C)cc(C)cc4C)ccc32)c1. The molecule has 0 fully saturated rings. The zero-order valence-electron chi connectivity index (χ0n) is 39.6. The van der Waals surface area contributed by atoms with E-state index in [1.165, 1.54) is 56.6 Å². The molecule has 2 heterocycles. The molecule has 6 heteroatoms. The molecule has 3 nitrogen and oxygen atoms in total. The summed E-state index contributed by atoms with van der Waals surface area (Å²) in [5.41, 5.74) is 21.4. The van der Waals surface area contributed by atoms with Crippen LogP contribution in [0.5, 0.6) is 0 Å². The van der Waals surface area contributed by atoms with Crippen molar-refractivity contribution in [2.75, 3.05) is 0 Å². The second kappa shape index (κ2) is 16.3. The Hall–Kier alpha value is -8.14. The lowest BCUT2D eigenvalue weighted by molar-refractivity contribution is -0.137. The molecule has 336 valence electrons. The standard InChI is InChI=1S/C63H48F3N3/c1-36-27-39(4)61(40(5)28-36)44-18-24-57-52(32-44)49-13-9-11-15-55(49)68(57)59-26-21-47(67-8)35-54(59)51-22-17-43(48-23-20-46(31-38(48)3)63(64,65)66)34-60(51)69-56-16-12-10-14-50(56)53-33-45(19-25-58(53)69)62-41(6)29-37(2)30-42(62)7/h9-35H,1-7H3. The van der Waals surface area contributed by atoms with E-state index in [9.17, 15) is 13.2 Å². The molecule has 0 saturated heterocycles. The molecular formula is C63H48F3N3. The molecule has 0 spiro atoms. The van der Waals surface area contributed by atoms with Gasteiger partial charge in [-0.05, 0) is 182 Å². The first kappa shape index (κ1) is 43.4. The number of nitrogens with zero attached hydrogens (tertiary/aromatic N) is 3. The Morgan fingerprint density at radius 3 is 1.38 bits per heavy atom. The number of alkyl halides is 3. The Morgan fingerprint density at radius 1 is 0.391 bits per heavy atom. The van der Waals surface area contributed by atoms with E-state index in [4.69, 9.17) is 6.57 Å². The zero-order chi connectivity index (χ0) is 48.0. The molecule has 0 N–H and O–H groups in total. The molecule has 0 aliphatic carbocycles. The van der Waals surface area contributed by atoms with Gasteiger partial charge in [0.15, 0.2) is 5.69 Å². The first-order valence-electron chi connectivity index (χ1n) is 23.3. The fourth-order valence-corrected chi connectivity index (χ4v) is 11.3.